The van der Waals surface area contributed by atoms with Gasteiger partial charge in [0.15, 0.2) is 12.0 Å². The van der Waals surface area contributed by atoms with Crippen LogP contribution < -0.4 is 0 Å². The van der Waals surface area contributed by atoms with E-state index in [1.54, 1.807) is 11.3 Å². The van der Waals surface area contributed by atoms with Crippen molar-refractivity contribution in [2.75, 3.05) is 0 Å². The summed E-state index contributed by atoms with van der Waals surface area (Å²) in [5.74, 6) is 1.14. The fourth-order valence-corrected chi connectivity index (χ4v) is 6.58. The van der Waals surface area contributed by atoms with Gasteiger partial charge in [0.25, 0.3) is 0 Å². The Morgan fingerprint density at radius 1 is 1.16 bits per heavy atom. The second-order valence-corrected chi connectivity index (χ2v) is 10.4. The van der Waals surface area contributed by atoms with Crippen molar-refractivity contribution in [1.29, 1.82) is 0 Å². The van der Waals surface area contributed by atoms with Crippen LogP contribution in [0.3, 0.4) is 0 Å². The summed E-state index contributed by atoms with van der Waals surface area (Å²) in [6, 6.07) is 14.8. The van der Waals surface area contributed by atoms with E-state index in [1.165, 1.54) is 10.4 Å². The molecule has 0 N–H and O–H groups in total. The van der Waals surface area contributed by atoms with E-state index in [0.717, 1.165) is 31.4 Å². The Morgan fingerprint density at radius 2 is 1.94 bits per heavy atom. The van der Waals surface area contributed by atoms with Gasteiger partial charge in [-0.1, -0.05) is 57.2 Å². The second-order valence-electron chi connectivity index (χ2n) is 9.34. The number of likely N-dealkylation sites (tertiary alicyclic amines) is 1. The normalized spacial score (nSPS) is 32.3. The molecule has 5 heteroatoms. The minimum absolute atomic E-state index is 0.0293. The molecule has 0 radical (unpaired) electrons. The van der Waals surface area contributed by atoms with Crippen molar-refractivity contribution >= 4 is 23.0 Å². The molecule has 5 rings (SSSR count). The maximum atomic E-state index is 13.8. The van der Waals surface area contributed by atoms with E-state index in [4.69, 9.17) is 9.73 Å². The quantitative estimate of drug-likeness (QED) is 0.570. The number of amides is 1. The predicted octanol–water partition coefficient (Wildman–Crippen LogP) is 5.85. The van der Waals surface area contributed by atoms with Gasteiger partial charge >= 0.3 is 0 Å². The number of carbonyl (C=O) groups is 1. The zero-order chi connectivity index (χ0) is 21.6. The van der Waals surface area contributed by atoms with Crippen LogP contribution in [-0.4, -0.2) is 28.5 Å². The summed E-state index contributed by atoms with van der Waals surface area (Å²) >= 11 is 1.71. The monoisotopic (exact) mass is 436 g/mol. The lowest BCUT2D eigenvalue weighted by molar-refractivity contribution is -0.154. The standard InChI is InChI=1S/C26H32N2O2S/c1-4-18(5-2)24-27-23-14-21(19-10-7-6-8-11-19)17(3)22-15-26(23,30-24)28(25(22)29)16-20-12-9-13-31-20/h6-13,17-18,21-22,24H,4-5,14-16H2,1-3H3/t17-,21+,22+,24-,26+/m1/s1. The highest BCUT2D eigenvalue weighted by Crippen LogP contribution is 2.53. The van der Waals surface area contributed by atoms with E-state index < -0.39 is 5.72 Å². The zero-order valence-corrected chi connectivity index (χ0v) is 19.5. The number of benzene rings is 1. The van der Waals surface area contributed by atoms with E-state index >= 15 is 0 Å². The van der Waals surface area contributed by atoms with Gasteiger partial charge in [-0.2, -0.15) is 0 Å². The molecule has 1 aromatic heterocycles. The van der Waals surface area contributed by atoms with E-state index in [2.05, 4.69) is 68.6 Å². The fraction of sp³-hybridized carbons (Fsp3) is 0.538. The number of ether oxygens (including phenoxy) is 1. The molecule has 1 aliphatic carbocycles. The summed E-state index contributed by atoms with van der Waals surface area (Å²) in [7, 11) is 0. The molecule has 31 heavy (non-hydrogen) atoms. The van der Waals surface area contributed by atoms with Crippen LogP contribution in [0, 0.1) is 17.8 Å². The third kappa shape index (κ3) is 3.37. The van der Waals surface area contributed by atoms with Crippen LogP contribution in [0.25, 0.3) is 0 Å². The van der Waals surface area contributed by atoms with Crippen molar-refractivity contribution in [2.24, 2.45) is 22.7 Å². The van der Waals surface area contributed by atoms with Crippen LogP contribution in [0.4, 0.5) is 0 Å². The van der Waals surface area contributed by atoms with Gasteiger partial charge in [-0.15, -0.1) is 11.3 Å². The first-order valence-corrected chi connectivity index (χ1v) is 12.6. The summed E-state index contributed by atoms with van der Waals surface area (Å²) in [5, 5.41) is 2.08. The molecule has 4 nitrogen and oxygen atoms in total. The van der Waals surface area contributed by atoms with Crippen LogP contribution in [0.1, 0.15) is 62.8 Å². The van der Waals surface area contributed by atoms with Crippen molar-refractivity contribution < 1.29 is 9.53 Å². The van der Waals surface area contributed by atoms with E-state index in [9.17, 15) is 4.79 Å². The number of hydrogen-bond acceptors (Lipinski definition) is 4. The summed E-state index contributed by atoms with van der Waals surface area (Å²) in [6.07, 6.45) is 3.53. The Labute approximate surface area is 189 Å². The van der Waals surface area contributed by atoms with Gasteiger partial charge in [0, 0.05) is 23.1 Å². The Bertz CT molecular complexity index is 953. The Balaban J connectivity index is 1.57. The van der Waals surface area contributed by atoms with Gasteiger partial charge in [0.1, 0.15) is 0 Å². The summed E-state index contributed by atoms with van der Waals surface area (Å²) in [5.41, 5.74) is 1.73. The van der Waals surface area contributed by atoms with Gasteiger partial charge < -0.3 is 9.64 Å². The lowest BCUT2D eigenvalue weighted by Gasteiger charge is -2.38. The Hall–Kier alpha value is -1.98. The van der Waals surface area contributed by atoms with Crippen LogP contribution in [-0.2, 0) is 16.1 Å². The molecule has 1 aromatic carbocycles. The molecule has 3 heterocycles. The van der Waals surface area contributed by atoms with Crippen molar-refractivity contribution in [2.45, 2.75) is 70.9 Å². The van der Waals surface area contributed by atoms with E-state index in [-0.39, 0.29) is 24.0 Å². The molecule has 1 saturated carbocycles. The number of hydrogen-bond donors (Lipinski definition) is 0. The van der Waals surface area contributed by atoms with Crippen LogP contribution in [0.2, 0.25) is 0 Å². The molecule has 2 bridgehead atoms. The summed E-state index contributed by atoms with van der Waals surface area (Å²) < 4.78 is 6.84. The van der Waals surface area contributed by atoms with E-state index in [0.29, 0.717) is 18.4 Å². The first-order valence-electron chi connectivity index (χ1n) is 11.7. The smallest absolute Gasteiger partial charge is 0.229 e. The zero-order valence-electron chi connectivity index (χ0n) is 18.7. The first kappa shape index (κ1) is 20.9. The van der Waals surface area contributed by atoms with Crippen molar-refractivity contribution in [3.63, 3.8) is 0 Å². The van der Waals surface area contributed by atoms with Crippen molar-refractivity contribution in [1.82, 2.24) is 4.90 Å². The van der Waals surface area contributed by atoms with Gasteiger partial charge in [-0.3, -0.25) is 9.79 Å². The van der Waals surface area contributed by atoms with Gasteiger partial charge in [0.2, 0.25) is 5.91 Å². The highest BCUT2D eigenvalue weighted by Gasteiger charge is 2.62. The molecule has 1 amide bonds. The lowest BCUT2D eigenvalue weighted by Crippen LogP contribution is -2.52. The average molecular weight is 437 g/mol. The predicted molar refractivity (Wildman–Crippen MR) is 125 cm³/mol. The Morgan fingerprint density at radius 3 is 2.61 bits per heavy atom. The molecule has 1 spiro atoms. The fourth-order valence-electron chi connectivity index (χ4n) is 5.88. The molecule has 2 fully saturated rings. The molecular weight excluding hydrogens is 404 g/mol. The molecule has 1 saturated heterocycles. The van der Waals surface area contributed by atoms with E-state index in [1.807, 2.05) is 4.90 Å². The van der Waals surface area contributed by atoms with Crippen molar-refractivity contribution in [3.8, 4) is 0 Å². The highest BCUT2D eigenvalue weighted by molar-refractivity contribution is 7.09. The number of nitrogens with zero attached hydrogens (tertiary/aromatic N) is 2. The third-order valence-corrected chi connectivity index (χ3v) is 8.68. The largest absolute Gasteiger partial charge is 0.325 e. The Kier molecular flexibility index (Phi) is 5.51. The van der Waals surface area contributed by atoms with Gasteiger partial charge in [-0.25, -0.2) is 0 Å². The van der Waals surface area contributed by atoms with Crippen molar-refractivity contribution in [3.05, 3.63) is 58.3 Å². The molecule has 2 aliphatic heterocycles. The maximum absolute atomic E-state index is 13.8. The molecular formula is C26H32N2O2S. The number of fused-ring (bicyclic) bond motifs is 1. The van der Waals surface area contributed by atoms with Crippen LogP contribution >= 0.6 is 11.3 Å². The summed E-state index contributed by atoms with van der Waals surface area (Å²) in [6.45, 7) is 7.29. The average Bonchev–Trinajstić information content (AvgIpc) is 3.47. The minimum Gasteiger partial charge on any atom is -0.325 e. The lowest BCUT2D eigenvalue weighted by atomic mass is 9.78. The van der Waals surface area contributed by atoms with Gasteiger partial charge in [0.05, 0.1) is 12.3 Å². The molecule has 3 aliphatic rings. The van der Waals surface area contributed by atoms with Gasteiger partial charge in [-0.05, 0) is 48.1 Å². The first-order chi connectivity index (χ1) is 15.1. The molecule has 164 valence electrons. The number of thiophene rings is 1. The summed E-state index contributed by atoms with van der Waals surface area (Å²) in [4.78, 5) is 22.2. The topological polar surface area (TPSA) is 41.9 Å². The number of rotatable bonds is 6. The van der Waals surface area contributed by atoms with Crippen LogP contribution in [0.15, 0.2) is 52.8 Å². The highest BCUT2D eigenvalue weighted by atomic mass is 32.1. The molecule has 2 aromatic rings. The maximum Gasteiger partial charge on any atom is 0.229 e. The number of carbonyl (C=O) groups excluding carboxylic acids is 1. The molecule has 5 atom stereocenters. The molecule has 0 unspecified atom stereocenters. The number of aliphatic imine (C=N–C) groups is 1. The SMILES string of the molecule is CCC(CC)[C@@H]1N=C2C[C@H](c3ccccc3)[C@@H](C)[C@@H]3C[C@@]2(O1)N(Cc1cccs1)C3=O. The minimum atomic E-state index is -0.670. The second kappa shape index (κ2) is 8.18. The third-order valence-electron chi connectivity index (χ3n) is 7.82. The van der Waals surface area contributed by atoms with Crippen LogP contribution in [0.5, 0.6) is 0 Å².